The summed E-state index contributed by atoms with van der Waals surface area (Å²) >= 11 is 0. The highest BCUT2D eigenvalue weighted by molar-refractivity contribution is 6.20. The van der Waals surface area contributed by atoms with Crippen LogP contribution < -0.4 is 0 Å². The first-order valence-electron chi connectivity index (χ1n) is 10.1. The Balaban J connectivity index is 1.87. The lowest BCUT2D eigenvalue weighted by atomic mass is 9.86. The Labute approximate surface area is 183 Å². The molecule has 0 bridgehead atoms. The van der Waals surface area contributed by atoms with E-state index in [0.717, 1.165) is 6.07 Å². The van der Waals surface area contributed by atoms with E-state index in [4.69, 9.17) is 0 Å². The monoisotopic (exact) mass is 432 g/mol. The van der Waals surface area contributed by atoms with Gasteiger partial charge in [-0.3, -0.25) is 9.59 Å². The average molecular weight is 432 g/mol. The number of aromatic nitrogens is 2. The van der Waals surface area contributed by atoms with Crippen molar-refractivity contribution in [3.05, 3.63) is 101 Å². The standard InChI is InChI=1S/C25H21FN2O4/c1-14-15(21(30)13-29)8-6-9-16(14)23(31)22(24(32)17-7-2-3-10-18(17)26)25-27-19-11-4-5-12-20(19)28-25/h2-12,21-22,29-30H,13H2,1H3,(H,27,28)/t21-,22?/m0/s1. The molecular formula is C25H21FN2O4. The summed E-state index contributed by atoms with van der Waals surface area (Å²) in [4.78, 5) is 34.6. The fourth-order valence-electron chi connectivity index (χ4n) is 3.83. The van der Waals surface area contributed by atoms with Crippen molar-refractivity contribution in [3.8, 4) is 0 Å². The fourth-order valence-corrected chi connectivity index (χ4v) is 3.83. The number of aliphatic hydroxyl groups is 2. The minimum Gasteiger partial charge on any atom is -0.393 e. The molecule has 0 saturated heterocycles. The van der Waals surface area contributed by atoms with Gasteiger partial charge in [0, 0.05) is 5.56 Å². The number of ketones is 2. The number of Topliss-reactive ketones (excluding diaryl/α,β-unsaturated/α-hetero) is 2. The highest BCUT2D eigenvalue weighted by atomic mass is 19.1. The van der Waals surface area contributed by atoms with Gasteiger partial charge >= 0.3 is 0 Å². The first-order valence-corrected chi connectivity index (χ1v) is 10.1. The molecule has 1 aromatic heterocycles. The van der Waals surface area contributed by atoms with E-state index in [1.807, 2.05) is 0 Å². The van der Waals surface area contributed by atoms with Gasteiger partial charge in [-0.2, -0.15) is 0 Å². The molecule has 0 aliphatic carbocycles. The summed E-state index contributed by atoms with van der Waals surface area (Å²) in [5, 5.41) is 19.4. The average Bonchev–Trinajstić information content (AvgIpc) is 3.22. The van der Waals surface area contributed by atoms with Crippen molar-refractivity contribution < 1.29 is 24.2 Å². The Bertz CT molecular complexity index is 1280. The molecule has 0 saturated carbocycles. The van der Waals surface area contributed by atoms with Gasteiger partial charge in [-0.1, -0.05) is 42.5 Å². The van der Waals surface area contributed by atoms with Crippen LogP contribution in [-0.4, -0.2) is 38.4 Å². The SMILES string of the molecule is Cc1c(C(=O)C(C(=O)c2ccccc2F)c2nc3ccccc3[nH]2)cccc1[C@@H](O)CO. The third kappa shape index (κ3) is 3.84. The lowest BCUT2D eigenvalue weighted by molar-refractivity contribution is 0.0851. The summed E-state index contributed by atoms with van der Waals surface area (Å²) in [7, 11) is 0. The van der Waals surface area contributed by atoms with E-state index in [1.54, 1.807) is 43.3 Å². The van der Waals surface area contributed by atoms with Crippen LogP contribution >= 0.6 is 0 Å². The molecular weight excluding hydrogens is 411 g/mol. The third-order valence-electron chi connectivity index (χ3n) is 5.52. The Morgan fingerprint density at radius 1 is 0.969 bits per heavy atom. The quantitative estimate of drug-likeness (QED) is 0.304. The lowest BCUT2D eigenvalue weighted by Crippen LogP contribution is -2.25. The molecule has 0 radical (unpaired) electrons. The molecule has 3 N–H and O–H groups in total. The van der Waals surface area contributed by atoms with Crippen molar-refractivity contribution in [3.63, 3.8) is 0 Å². The van der Waals surface area contributed by atoms with Gasteiger partial charge in [-0.15, -0.1) is 0 Å². The largest absolute Gasteiger partial charge is 0.393 e. The zero-order valence-corrected chi connectivity index (χ0v) is 17.2. The number of nitrogens with zero attached hydrogens (tertiary/aromatic N) is 1. The van der Waals surface area contributed by atoms with Gasteiger partial charge in [-0.25, -0.2) is 9.37 Å². The van der Waals surface area contributed by atoms with Crippen LogP contribution in [0.3, 0.4) is 0 Å². The summed E-state index contributed by atoms with van der Waals surface area (Å²) in [5.41, 5.74) is 1.99. The van der Waals surface area contributed by atoms with E-state index in [1.165, 1.54) is 24.3 Å². The van der Waals surface area contributed by atoms with E-state index in [-0.39, 0.29) is 17.0 Å². The number of H-pyrrole nitrogens is 1. The van der Waals surface area contributed by atoms with Crippen molar-refractivity contribution in [2.45, 2.75) is 18.9 Å². The summed E-state index contributed by atoms with van der Waals surface area (Å²) < 4.78 is 14.5. The second kappa shape index (κ2) is 8.82. The maximum atomic E-state index is 14.5. The van der Waals surface area contributed by atoms with Crippen molar-refractivity contribution in [2.24, 2.45) is 0 Å². The Hall–Kier alpha value is -3.68. The minimum atomic E-state index is -1.42. The summed E-state index contributed by atoms with van der Waals surface area (Å²) in [6, 6.07) is 17.3. The maximum absolute atomic E-state index is 14.5. The molecule has 32 heavy (non-hydrogen) atoms. The summed E-state index contributed by atoms with van der Waals surface area (Å²) in [6.07, 6.45) is -1.17. The highest BCUT2D eigenvalue weighted by Crippen LogP contribution is 2.30. The number of aromatic amines is 1. The van der Waals surface area contributed by atoms with Gasteiger partial charge in [0.15, 0.2) is 11.6 Å². The first-order chi connectivity index (χ1) is 15.4. The van der Waals surface area contributed by atoms with E-state index in [0.29, 0.717) is 22.2 Å². The van der Waals surface area contributed by atoms with E-state index >= 15 is 0 Å². The molecule has 0 aliphatic rings. The van der Waals surface area contributed by atoms with E-state index < -0.39 is 36.0 Å². The number of imidazole rings is 1. The Kier molecular flexibility index (Phi) is 5.94. The van der Waals surface area contributed by atoms with Crippen molar-refractivity contribution in [1.82, 2.24) is 9.97 Å². The Morgan fingerprint density at radius 2 is 1.62 bits per heavy atom. The van der Waals surface area contributed by atoms with Gasteiger partial charge < -0.3 is 15.2 Å². The van der Waals surface area contributed by atoms with E-state index in [2.05, 4.69) is 9.97 Å². The van der Waals surface area contributed by atoms with Crippen LogP contribution in [0.5, 0.6) is 0 Å². The fraction of sp³-hybridized carbons (Fsp3) is 0.160. The number of fused-ring (bicyclic) bond motifs is 1. The third-order valence-corrected chi connectivity index (χ3v) is 5.52. The molecule has 6 nitrogen and oxygen atoms in total. The number of aliphatic hydroxyl groups excluding tert-OH is 2. The number of halogens is 1. The van der Waals surface area contributed by atoms with Crippen LogP contribution in [0, 0.1) is 12.7 Å². The van der Waals surface area contributed by atoms with Crippen LogP contribution in [0.25, 0.3) is 11.0 Å². The highest BCUT2D eigenvalue weighted by Gasteiger charge is 2.35. The lowest BCUT2D eigenvalue weighted by Gasteiger charge is -2.18. The zero-order valence-electron chi connectivity index (χ0n) is 17.2. The number of hydrogen-bond acceptors (Lipinski definition) is 5. The minimum absolute atomic E-state index is 0.108. The number of nitrogens with one attached hydrogen (secondary N) is 1. The molecule has 0 spiro atoms. The molecule has 0 aliphatic heterocycles. The molecule has 3 aromatic carbocycles. The van der Waals surface area contributed by atoms with Gasteiger partial charge in [0.1, 0.15) is 23.7 Å². The molecule has 4 rings (SSSR count). The number of para-hydroxylation sites is 2. The summed E-state index contributed by atoms with van der Waals surface area (Å²) in [5.74, 6) is -3.34. The molecule has 0 fully saturated rings. The molecule has 4 aromatic rings. The predicted octanol–water partition coefficient (Wildman–Crippen LogP) is 3.89. The number of benzene rings is 3. The van der Waals surface area contributed by atoms with Crippen molar-refractivity contribution in [2.75, 3.05) is 6.61 Å². The molecule has 1 unspecified atom stereocenters. The summed E-state index contributed by atoms with van der Waals surface area (Å²) in [6.45, 7) is 1.12. The van der Waals surface area contributed by atoms with Crippen LogP contribution in [-0.2, 0) is 0 Å². The number of carbonyl (C=O) groups is 2. The normalized spacial score (nSPS) is 13.1. The van der Waals surface area contributed by atoms with Gasteiger partial charge in [-0.05, 0) is 42.3 Å². The topological polar surface area (TPSA) is 103 Å². The number of carbonyl (C=O) groups excluding carboxylic acids is 2. The van der Waals surface area contributed by atoms with Gasteiger partial charge in [0.2, 0.25) is 0 Å². The van der Waals surface area contributed by atoms with Crippen molar-refractivity contribution in [1.29, 1.82) is 0 Å². The van der Waals surface area contributed by atoms with Crippen LogP contribution in [0.4, 0.5) is 4.39 Å². The van der Waals surface area contributed by atoms with Crippen molar-refractivity contribution >= 4 is 22.6 Å². The maximum Gasteiger partial charge on any atom is 0.184 e. The number of hydrogen-bond donors (Lipinski definition) is 3. The van der Waals surface area contributed by atoms with E-state index in [9.17, 15) is 24.2 Å². The van der Waals surface area contributed by atoms with Gasteiger partial charge in [0.25, 0.3) is 0 Å². The second-order valence-electron chi connectivity index (χ2n) is 7.50. The second-order valence-corrected chi connectivity index (χ2v) is 7.50. The first kappa shape index (κ1) is 21.5. The van der Waals surface area contributed by atoms with Gasteiger partial charge in [0.05, 0.1) is 23.2 Å². The predicted molar refractivity (Wildman–Crippen MR) is 117 cm³/mol. The molecule has 2 atom stereocenters. The molecule has 7 heteroatoms. The zero-order chi connectivity index (χ0) is 22.8. The smallest absolute Gasteiger partial charge is 0.184 e. The Morgan fingerprint density at radius 3 is 2.34 bits per heavy atom. The van der Waals surface area contributed by atoms with Crippen LogP contribution in [0.2, 0.25) is 0 Å². The number of rotatable bonds is 7. The molecule has 1 heterocycles. The molecule has 0 amide bonds. The molecule has 162 valence electrons. The van der Waals surface area contributed by atoms with Crippen LogP contribution in [0.1, 0.15) is 49.7 Å². The van der Waals surface area contributed by atoms with Crippen LogP contribution in [0.15, 0.2) is 66.7 Å².